The monoisotopic (exact) mass is 294 g/mol. The Balaban J connectivity index is 2.46. The zero-order valence-corrected chi connectivity index (χ0v) is 11.9. The molecule has 0 saturated heterocycles. The Hall–Kier alpha value is -2.57. The Kier molecular flexibility index (Phi) is 6.19. The second kappa shape index (κ2) is 7.88. The first-order valence-corrected chi connectivity index (χ1v) is 6.48. The fourth-order valence-corrected chi connectivity index (χ4v) is 1.67. The summed E-state index contributed by atoms with van der Waals surface area (Å²) in [6.45, 7) is 3.82. The van der Waals surface area contributed by atoms with E-state index < -0.39 is 12.0 Å². The van der Waals surface area contributed by atoms with Crippen LogP contribution in [0.2, 0.25) is 0 Å². The zero-order chi connectivity index (χ0) is 15.8. The number of rotatable bonds is 6. The van der Waals surface area contributed by atoms with E-state index in [1.54, 1.807) is 19.9 Å². The van der Waals surface area contributed by atoms with Crippen LogP contribution in [0.5, 0.6) is 0 Å². The number of hydrogen-bond donors (Lipinski definition) is 3. The quantitative estimate of drug-likeness (QED) is 0.693. The maximum absolute atomic E-state index is 11.6. The van der Waals surface area contributed by atoms with Gasteiger partial charge in [0.05, 0.1) is 18.6 Å². The summed E-state index contributed by atoms with van der Waals surface area (Å²) in [5.41, 5.74) is 1.21. The van der Waals surface area contributed by atoms with Crippen molar-refractivity contribution in [3.05, 3.63) is 29.3 Å². The number of esters is 1. The Morgan fingerprint density at radius 1 is 1.29 bits per heavy atom. The third kappa shape index (κ3) is 5.52. The van der Waals surface area contributed by atoms with Crippen LogP contribution in [0.25, 0.3) is 0 Å². The van der Waals surface area contributed by atoms with E-state index in [9.17, 15) is 14.4 Å². The number of carbonyl (C=O) groups excluding carboxylic acids is 2. The van der Waals surface area contributed by atoms with Gasteiger partial charge in [0.25, 0.3) is 0 Å². The molecule has 0 aliphatic heterocycles. The molecule has 0 heterocycles. The summed E-state index contributed by atoms with van der Waals surface area (Å²) < 4.78 is 4.73. The fraction of sp³-hybridized carbons (Fsp3) is 0.357. The number of anilines is 1. The van der Waals surface area contributed by atoms with Gasteiger partial charge in [0.1, 0.15) is 0 Å². The van der Waals surface area contributed by atoms with Crippen LogP contribution in [-0.4, -0.2) is 36.2 Å². The van der Waals surface area contributed by atoms with Crippen molar-refractivity contribution in [3.8, 4) is 0 Å². The third-order valence-corrected chi connectivity index (χ3v) is 2.63. The average Bonchev–Trinajstić information content (AvgIpc) is 2.38. The van der Waals surface area contributed by atoms with Crippen LogP contribution >= 0.6 is 0 Å². The lowest BCUT2D eigenvalue weighted by Gasteiger charge is -2.09. The Morgan fingerprint density at radius 3 is 2.57 bits per heavy atom. The molecular weight excluding hydrogens is 276 g/mol. The van der Waals surface area contributed by atoms with E-state index in [2.05, 4.69) is 10.6 Å². The molecule has 3 N–H and O–H groups in total. The molecule has 0 radical (unpaired) electrons. The van der Waals surface area contributed by atoms with Crippen LogP contribution in [0, 0.1) is 6.92 Å². The van der Waals surface area contributed by atoms with Crippen LogP contribution < -0.4 is 10.6 Å². The second-order valence-corrected chi connectivity index (χ2v) is 4.27. The lowest BCUT2D eigenvalue weighted by atomic mass is 10.1. The highest BCUT2D eigenvalue weighted by Crippen LogP contribution is 2.15. The van der Waals surface area contributed by atoms with Gasteiger partial charge in [0.2, 0.25) is 0 Å². The largest absolute Gasteiger partial charge is 0.478 e. The first-order chi connectivity index (χ1) is 9.93. The number of hydrogen-bond acceptors (Lipinski definition) is 4. The van der Waals surface area contributed by atoms with Gasteiger partial charge in [0, 0.05) is 12.2 Å². The predicted molar refractivity (Wildman–Crippen MR) is 76.4 cm³/mol. The molecule has 2 amide bonds. The predicted octanol–water partition coefficient (Wildman–Crippen LogP) is 1.77. The van der Waals surface area contributed by atoms with Gasteiger partial charge in [-0.1, -0.05) is 0 Å². The highest BCUT2D eigenvalue weighted by molar-refractivity contribution is 5.92. The van der Waals surface area contributed by atoms with E-state index in [0.29, 0.717) is 17.9 Å². The molecule has 0 unspecified atom stereocenters. The van der Waals surface area contributed by atoms with Crippen LogP contribution in [0.4, 0.5) is 10.5 Å². The Morgan fingerprint density at radius 2 is 2.00 bits per heavy atom. The van der Waals surface area contributed by atoms with Gasteiger partial charge in [-0.3, -0.25) is 4.79 Å². The average molecular weight is 294 g/mol. The highest BCUT2D eigenvalue weighted by atomic mass is 16.5. The summed E-state index contributed by atoms with van der Waals surface area (Å²) in [6, 6.07) is 4.02. The number of urea groups is 1. The summed E-state index contributed by atoms with van der Waals surface area (Å²) in [5, 5.41) is 14.0. The van der Waals surface area contributed by atoms with Crippen molar-refractivity contribution in [3.63, 3.8) is 0 Å². The summed E-state index contributed by atoms with van der Waals surface area (Å²) in [4.78, 5) is 33.5. The molecule has 0 spiro atoms. The molecule has 1 aromatic rings. The van der Waals surface area contributed by atoms with Crippen LogP contribution in [0.1, 0.15) is 29.3 Å². The van der Waals surface area contributed by atoms with Crippen molar-refractivity contribution in [2.24, 2.45) is 0 Å². The number of carbonyl (C=O) groups is 3. The van der Waals surface area contributed by atoms with Gasteiger partial charge in [0.15, 0.2) is 0 Å². The van der Waals surface area contributed by atoms with Gasteiger partial charge in [-0.15, -0.1) is 0 Å². The molecule has 1 rings (SSSR count). The normalized spacial score (nSPS) is 9.81. The van der Waals surface area contributed by atoms with Gasteiger partial charge in [-0.25, -0.2) is 9.59 Å². The Bertz CT molecular complexity index is 542. The van der Waals surface area contributed by atoms with Crippen molar-refractivity contribution >= 4 is 23.7 Å². The minimum absolute atomic E-state index is 0.0955. The fourth-order valence-electron chi connectivity index (χ4n) is 1.67. The molecule has 0 aliphatic rings. The molecule has 0 saturated carbocycles. The molecule has 0 aromatic heterocycles. The molecule has 7 nitrogen and oxygen atoms in total. The molecule has 7 heteroatoms. The van der Waals surface area contributed by atoms with Crippen molar-refractivity contribution in [2.75, 3.05) is 18.5 Å². The van der Waals surface area contributed by atoms with E-state index in [0.717, 1.165) is 0 Å². The van der Waals surface area contributed by atoms with Gasteiger partial charge in [-0.2, -0.15) is 0 Å². The lowest BCUT2D eigenvalue weighted by molar-refractivity contribution is -0.142. The number of aryl methyl sites for hydroxylation is 1. The number of carboxylic acid groups (broad SMARTS) is 1. The number of benzene rings is 1. The SMILES string of the molecule is CCOC(=O)CCNC(=O)Nc1ccc(C(=O)O)c(C)c1. The molecular formula is C14H18N2O5. The molecule has 21 heavy (non-hydrogen) atoms. The number of aromatic carboxylic acids is 1. The van der Waals surface area contributed by atoms with E-state index in [1.165, 1.54) is 12.1 Å². The standard InChI is InChI=1S/C14H18N2O5/c1-3-21-12(17)6-7-15-14(20)16-10-4-5-11(13(18)19)9(2)8-10/h4-5,8H,3,6-7H2,1-2H3,(H,18,19)(H2,15,16,20). The van der Waals surface area contributed by atoms with Crippen molar-refractivity contribution in [1.82, 2.24) is 5.32 Å². The van der Waals surface area contributed by atoms with Gasteiger partial charge >= 0.3 is 18.0 Å². The van der Waals surface area contributed by atoms with Crippen molar-refractivity contribution < 1.29 is 24.2 Å². The van der Waals surface area contributed by atoms with E-state index >= 15 is 0 Å². The van der Waals surface area contributed by atoms with Crippen LogP contribution in [-0.2, 0) is 9.53 Å². The topological polar surface area (TPSA) is 105 Å². The molecule has 0 fully saturated rings. The number of amides is 2. The van der Waals surface area contributed by atoms with E-state index in [1.807, 2.05) is 0 Å². The summed E-state index contributed by atoms with van der Waals surface area (Å²) in [6.07, 6.45) is 0.0955. The van der Waals surface area contributed by atoms with Crippen LogP contribution in [0.3, 0.4) is 0 Å². The molecule has 1 aromatic carbocycles. The Labute approximate surface area is 122 Å². The smallest absolute Gasteiger partial charge is 0.335 e. The zero-order valence-electron chi connectivity index (χ0n) is 11.9. The molecule has 0 atom stereocenters. The maximum atomic E-state index is 11.6. The molecule has 0 bridgehead atoms. The summed E-state index contributed by atoms with van der Waals surface area (Å²) in [7, 11) is 0. The molecule has 0 aliphatic carbocycles. The van der Waals surface area contributed by atoms with Crippen molar-refractivity contribution in [1.29, 1.82) is 0 Å². The first-order valence-electron chi connectivity index (χ1n) is 6.48. The first kappa shape index (κ1) is 16.5. The minimum Gasteiger partial charge on any atom is -0.478 e. The highest BCUT2D eigenvalue weighted by Gasteiger charge is 2.09. The van der Waals surface area contributed by atoms with E-state index in [-0.39, 0.29) is 24.5 Å². The number of carboxylic acids is 1. The molecule has 114 valence electrons. The van der Waals surface area contributed by atoms with Crippen LogP contribution in [0.15, 0.2) is 18.2 Å². The summed E-state index contributed by atoms with van der Waals surface area (Å²) in [5.74, 6) is -1.39. The van der Waals surface area contributed by atoms with Gasteiger partial charge < -0.3 is 20.5 Å². The maximum Gasteiger partial charge on any atom is 0.335 e. The minimum atomic E-state index is -1.02. The second-order valence-electron chi connectivity index (χ2n) is 4.27. The van der Waals surface area contributed by atoms with Crippen molar-refractivity contribution in [2.45, 2.75) is 20.3 Å². The lowest BCUT2D eigenvalue weighted by Crippen LogP contribution is -2.30. The number of nitrogens with one attached hydrogen (secondary N) is 2. The number of ether oxygens (including phenoxy) is 1. The van der Waals surface area contributed by atoms with Gasteiger partial charge in [-0.05, 0) is 37.6 Å². The third-order valence-electron chi connectivity index (χ3n) is 2.63. The summed E-state index contributed by atoms with van der Waals surface area (Å²) >= 11 is 0. The van der Waals surface area contributed by atoms with E-state index in [4.69, 9.17) is 9.84 Å².